The van der Waals surface area contributed by atoms with Crippen molar-refractivity contribution in [3.8, 4) is 5.75 Å². The first-order valence-electron chi connectivity index (χ1n) is 13.7. The summed E-state index contributed by atoms with van der Waals surface area (Å²) in [7, 11) is 0. The number of rotatable bonds is 12. The molecule has 2 amide bonds. The first kappa shape index (κ1) is 32.7. The highest BCUT2D eigenvalue weighted by Crippen LogP contribution is 2.31. The number of amides is 2. The molecule has 1 aliphatic rings. The van der Waals surface area contributed by atoms with Crippen LogP contribution >= 0.6 is 23.2 Å². The van der Waals surface area contributed by atoms with Crippen LogP contribution in [0.1, 0.15) is 57.9 Å². The monoisotopic (exact) mass is 614 g/mol. The van der Waals surface area contributed by atoms with Gasteiger partial charge in [-0.25, -0.2) is 0 Å². The van der Waals surface area contributed by atoms with Gasteiger partial charge in [-0.05, 0) is 42.0 Å². The maximum Gasteiger partial charge on any atom is 0.452 e. The molecule has 2 unspecified atom stereocenters. The van der Waals surface area contributed by atoms with E-state index in [4.69, 9.17) is 27.9 Å². The zero-order chi connectivity index (χ0) is 30.2. The van der Waals surface area contributed by atoms with Gasteiger partial charge < -0.3 is 15.4 Å². The van der Waals surface area contributed by atoms with Crippen LogP contribution in [0.3, 0.4) is 0 Å². The van der Waals surface area contributed by atoms with E-state index in [1.54, 1.807) is 30.3 Å². The Morgan fingerprint density at radius 2 is 1.54 bits per heavy atom. The number of benzene rings is 2. The third-order valence-electron chi connectivity index (χ3n) is 7.12. The predicted octanol–water partition coefficient (Wildman–Crippen LogP) is 6.71. The van der Waals surface area contributed by atoms with E-state index in [0.29, 0.717) is 22.0 Å². The Bertz CT molecular complexity index is 1170. The molecule has 0 bridgehead atoms. The summed E-state index contributed by atoms with van der Waals surface area (Å²) in [6, 6.07) is 10.2. The number of ketones is 1. The average Bonchev–Trinajstić information content (AvgIpc) is 2.90. The lowest BCUT2D eigenvalue weighted by molar-refractivity contribution is -0.175. The van der Waals surface area contributed by atoms with E-state index in [1.807, 2.05) is 0 Å². The second-order valence-electron chi connectivity index (χ2n) is 10.8. The van der Waals surface area contributed by atoms with E-state index < -0.39 is 47.9 Å². The van der Waals surface area contributed by atoms with Crippen LogP contribution in [0.2, 0.25) is 10.0 Å². The highest BCUT2D eigenvalue weighted by atomic mass is 35.5. The van der Waals surface area contributed by atoms with E-state index in [0.717, 1.165) is 32.1 Å². The number of carbonyl (C=O) groups is 3. The Balaban J connectivity index is 1.87. The molecular formula is C30H35Cl2F3N2O4. The van der Waals surface area contributed by atoms with Gasteiger partial charge in [0.2, 0.25) is 5.91 Å². The normalized spacial score (nSPS) is 16.5. The molecule has 2 aromatic carbocycles. The van der Waals surface area contributed by atoms with Crippen LogP contribution in [-0.2, 0) is 20.8 Å². The lowest BCUT2D eigenvalue weighted by Crippen LogP contribution is -2.57. The number of halogens is 5. The summed E-state index contributed by atoms with van der Waals surface area (Å²) in [5, 5.41) is 5.56. The summed E-state index contributed by atoms with van der Waals surface area (Å²) >= 11 is 12.3. The smallest absolute Gasteiger partial charge is 0.452 e. The number of hydrogen-bond acceptors (Lipinski definition) is 4. The molecular weight excluding hydrogens is 580 g/mol. The lowest BCUT2D eigenvalue weighted by Gasteiger charge is -2.29. The molecule has 11 heteroatoms. The highest BCUT2D eigenvalue weighted by molar-refractivity contribution is 6.34. The lowest BCUT2D eigenvalue weighted by atomic mass is 9.85. The number of carbonyl (C=O) groups excluding carboxylic acids is 3. The molecule has 0 saturated heterocycles. The fraction of sp³-hybridized carbons (Fsp3) is 0.500. The van der Waals surface area contributed by atoms with Crippen molar-refractivity contribution >= 4 is 40.8 Å². The molecule has 2 N–H and O–H groups in total. The van der Waals surface area contributed by atoms with Gasteiger partial charge in [-0.1, -0.05) is 99.5 Å². The minimum Gasteiger partial charge on any atom is -0.480 e. The van der Waals surface area contributed by atoms with Crippen molar-refractivity contribution in [1.82, 2.24) is 10.6 Å². The second kappa shape index (κ2) is 14.9. The molecule has 0 aromatic heterocycles. The molecule has 1 saturated carbocycles. The predicted molar refractivity (Wildman–Crippen MR) is 152 cm³/mol. The zero-order valence-electron chi connectivity index (χ0n) is 23.0. The third kappa shape index (κ3) is 10.2. The van der Waals surface area contributed by atoms with Crippen LogP contribution in [0.15, 0.2) is 48.5 Å². The average molecular weight is 616 g/mol. The summed E-state index contributed by atoms with van der Waals surface area (Å²) < 4.78 is 45.8. The highest BCUT2D eigenvalue weighted by Gasteiger charge is 2.45. The molecule has 6 nitrogen and oxygen atoms in total. The molecule has 2 aromatic rings. The number of alkyl halides is 3. The molecule has 1 fully saturated rings. The fourth-order valence-electron chi connectivity index (χ4n) is 4.98. The molecule has 3 atom stereocenters. The van der Waals surface area contributed by atoms with Gasteiger partial charge in [0.05, 0.1) is 6.04 Å². The summed E-state index contributed by atoms with van der Waals surface area (Å²) in [5.74, 6) is -3.91. The maximum absolute atomic E-state index is 13.7. The van der Waals surface area contributed by atoms with Crippen LogP contribution in [0.5, 0.6) is 5.75 Å². The second-order valence-corrected chi connectivity index (χ2v) is 11.7. The molecule has 0 spiro atoms. The molecule has 1 aliphatic carbocycles. The van der Waals surface area contributed by atoms with E-state index >= 15 is 0 Å². The van der Waals surface area contributed by atoms with Crippen molar-refractivity contribution in [2.45, 2.75) is 83.2 Å². The number of hydrogen-bond donors (Lipinski definition) is 2. The SMILES string of the molecule is CC(C)[C@H](NC(=O)C(Cc1ccccc1)NC(=O)C(CC1CCCCC1)Oc1cc(Cl)cc(Cl)c1)C(=O)C(F)(F)F. The number of Topliss-reactive ketones (excluding diaryl/α,β-unsaturated/α-hetero) is 1. The summed E-state index contributed by atoms with van der Waals surface area (Å²) in [5.41, 5.74) is 0.669. The van der Waals surface area contributed by atoms with Gasteiger partial charge >= 0.3 is 6.18 Å². The van der Waals surface area contributed by atoms with Crippen molar-refractivity contribution in [1.29, 1.82) is 0 Å². The Hall–Kier alpha value is -2.78. The topological polar surface area (TPSA) is 84.5 Å². The third-order valence-corrected chi connectivity index (χ3v) is 7.56. The minimum atomic E-state index is -5.13. The van der Waals surface area contributed by atoms with Gasteiger partial charge in [0, 0.05) is 16.5 Å². The largest absolute Gasteiger partial charge is 0.480 e. The van der Waals surface area contributed by atoms with Crippen molar-refractivity contribution in [3.05, 3.63) is 64.1 Å². The molecule has 0 aliphatic heterocycles. The quantitative estimate of drug-likeness (QED) is 0.278. The van der Waals surface area contributed by atoms with Crippen LogP contribution in [0.4, 0.5) is 13.2 Å². The van der Waals surface area contributed by atoms with Crippen molar-refractivity contribution in [2.75, 3.05) is 0 Å². The van der Waals surface area contributed by atoms with E-state index in [9.17, 15) is 27.6 Å². The van der Waals surface area contributed by atoms with E-state index in [2.05, 4.69) is 10.6 Å². The Labute approximate surface area is 248 Å². The van der Waals surface area contributed by atoms with Gasteiger partial charge in [-0.15, -0.1) is 0 Å². The van der Waals surface area contributed by atoms with Crippen LogP contribution in [0, 0.1) is 11.8 Å². The first-order chi connectivity index (χ1) is 19.3. The molecule has 3 rings (SSSR count). The fourth-order valence-corrected chi connectivity index (χ4v) is 5.49. The standard InChI is InChI=1S/C30H35Cl2F3N2O4/c1-18(2)26(27(38)30(33,34)35)37-28(39)24(13-19-9-5-3-6-10-19)36-29(40)25(14-20-11-7-4-8-12-20)41-23-16-21(31)15-22(32)17-23/h3,5-6,9-10,15-18,20,24-26H,4,7-8,11-14H2,1-2H3,(H,36,40)(H,37,39)/t24?,25?,26-/m0/s1. The number of ether oxygens (including phenoxy) is 1. The number of nitrogens with one attached hydrogen (secondary N) is 2. The molecule has 0 radical (unpaired) electrons. The van der Waals surface area contributed by atoms with Crippen LogP contribution < -0.4 is 15.4 Å². The van der Waals surface area contributed by atoms with Crippen molar-refractivity contribution in [2.24, 2.45) is 11.8 Å². The Kier molecular flexibility index (Phi) is 11.9. The van der Waals surface area contributed by atoms with Gasteiger partial charge in [-0.2, -0.15) is 13.2 Å². The van der Waals surface area contributed by atoms with Gasteiger partial charge in [0.1, 0.15) is 11.8 Å². The molecule has 41 heavy (non-hydrogen) atoms. The van der Waals surface area contributed by atoms with Crippen LogP contribution in [-0.4, -0.2) is 42.0 Å². The molecule has 224 valence electrons. The van der Waals surface area contributed by atoms with E-state index in [1.165, 1.54) is 32.0 Å². The summed E-state index contributed by atoms with van der Waals surface area (Å²) in [6.45, 7) is 2.81. The first-order valence-corrected chi connectivity index (χ1v) is 14.5. The van der Waals surface area contributed by atoms with Gasteiger partial charge in [0.25, 0.3) is 11.7 Å². The minimum absolute atomic E-state index is 0.0113. The zero-order valence-corrected chi connectivity index (χ0v) is 24.5. The summed E-state index contributed by atoms with van der Waals surface area (Å²) in [4.78, 5) is 39.1. The van der Waals surface area contributed by atoms with Gasteiger partial charge in [-0.3, -0.25) is 14.4 Å². The Morgan fingerprint density at radius 1 is 0.927 bits per heavy atom. The van der Waals surface area contributed by atoms with Crippen molar-refractivity contribution < 1.29 is 32.3 Å². The van der Waals surface area contributed by atoms with Crippen molar-refractivity contribution in [3.63, 3.8) is 0 Å². The van der Waals surface area contributed by atoms with E-state index in [-0.39, 0.29) is 18.1 Å². The summed E-state index contributed by atoms with van der Waals surface area (Å²) in [6.07, 6.45) is -0.756. The van der Waals surface area contributed by atoms with Crippen LogP contribution in [0.25, 0.3) is 0 Å². The van der Waals surface area contributed by atoms with Gasteiger partial charge in [0.15, 0.2) is 6.10 Å². The maximum atomic E-state index is 13.7. The molecule has 0 heterocycles. The Morgan fingerprint density at radius 3 is 2.10 bits per heavy atom.